The number of amides is 1. The maximum absolute atomic E-state index is 12.0. The lowest BCUT2D eigenvalue weighted by atomic mass is 10.0. The van der Waals surface area contributed by atoms with Crippen LogP contribution >= 0.6 is 0 Å². The highest BCUT2D eigenvalue weighted by atomic mass is 16.5. The molecule has 3 heteroatoms. The summed E-state index contributed by atoms with van der Waals surface area (Å²) in [5.41, 5.74) is 2.37. The van der Waals surface area contributed by atoms with Crippen molar-refractivity contribution in [2.45, 2.75) is 32.7 Å². The van der Waals surface area contributed by atoms with Crippen LogP contribution in [-0.4, -0.2) is 12.5 Å². The molecule has 0 spiro atoms. The van der Waals surface area contributed by atoms with Crippen molar-refractivity contribution in [1.82, 2.24) is 5.32 Å². The van der Waals surface area contributed by atoms with Crippen LogP contribution in [0.3, 0.4) is 0 Å². The average molecular weight is 297 g/mol. The number of nitrogens with one attached hydrogen (secondary N) is 1. The molecule has 116 valence electrons. The maximum atomic E-state index is 12.0. The fraction of sp³-hybridized carbons (Fsp3) is 0.316. The Bertz CT molecular complexity index is 578. The van der Waals surface area contributed by atoms with Crippen LogP contribution in [0.5, 0.6) is 5.75 Å². The number of aryl methyl sites for hydroxylation is 1. The second-order valence-corrected chi connectivity index (χ2v) is 5.23. The van der Waals surface area contributed by atoms with E-state index in [1.165, 1.54) is 5.56 Å². The molecule has 0 aliphatic rings. The van der Waals surface area contributed by atoms with Gasteiger partial charge >= 0.3 is 0 Å². The molecule has 0 fully saturated rings. The minimum absolute atomic E-state index is 0.0276. The monoisotopic (exact) mass is 297 g/mol. The molecule has 2 rings (SSSR count). The second-order valence-electron chi connectivity index (χ2n) is 5.23. The van der Waals surface area contributed by atoms with Crippen LogP contribution in [0.2, 0.25) is 0 Å². The summed E-state index contributed by atoms with van der Waals surface area (Å²) in [4.78, 5) is 12.0. The van der Waals surface area contributed by atoms with E-state index in [2.05, 4.69) is 19.2 Å². The van der Waals surface area contributed by atoms with Gasteiger partial charge < -0.3 is 10.1 Å². The highest BCUT2D eigenvalue weighted by Crippen LogP contribution is 2.16. The predicted molar refractivity (Wildman–Crippen MR) is 88.9 cm³/mol. The summed E-state index contributed by atoms with van der Waals surface area (Å²) in [6.07, 6.45) is 1.84. The third-order valence-electron chi connectivity index (χ3n) is 3.65. The lowest BCUT2D eigenvalue weighted by molar-refractivity contribution is -0.123. The Hall–Kier alpha value is -2.29. The van der Waals surface area contributed by atoms with Gasteiger partial charge in [-0.25, -0.2) is 0 Å². The molecular formula is C19H23NO2. The summed E-state index contributed by atoms with van der Waals surface area (Å²) < 4.78 is 5.54. The van der Waals surface area contributed by atoms with Crippen LogP contribution in [-0.2, 0) is 11.2 Å². The quantitative estimate of drug-likeness (QED) is 0.842. The summed E-state index contributed by atoms with van der Waals surface area (Å²) in [6, 6.07) is 17.9. The van der Waals surface area contributed by atoms with E-state index in [0.717, 1.165) is 24.2 Å². The first kappa shape index (κ1) is 16.1. The van der Waals surface area contributed by atoms with Crippen molar-refractivity contribution >= 4 is 5.91 Å². The van der Waals surface area contributed by atoms with Gasteiger partial charge in [0, 0.05) is 0 Å². The van der Waals surface area contributed by atoms with Crippen molar-refractivity contribution in [2.75, 3.05) is 6.61 Å². The van der Waals surface area contributed by atoms with Crippen LogP contribution in [0.4, 0.5) is 0 Å². The number of hydrogen-bond donors (Lipinski definition) is 1. The van der Waals surface area contributed by atoms with Gasteiger partial charge in [-0.2, -0.15) is 0 Å². The molecule has 2 aromatic carbocycles. The van der Waals surface area contributed by atoms with Gasteiger partial charge in [-0.15, -0.1) is 0 Å². The van der Waals surface area contributed by atoms with E-state index in [0.29, 0.717) is 0 Å². The number of ether oxygens (including phenoxy) is 1. The van der Waals surface area contributed by atoms with E-state index in [-0.39, 0.29) is 18.6 Å². The first-order valence-corrected chi connectivity index (χ1v) is 7.79. The zero-order valence-corrected chi connectivity index (χ0v) is 13.2. The van der Waals surface area contributed by atoms with Gasteiger partial charge in [-0.05, 0) is 36.1 Å². The molecule has 1 amide bonds. The maximum Gasteiger partial charge on any atom is 0.258 e. The van der Waals surface area contributed by atoms with Crippen LogP contribution in [0, 0.1) is 0 Å². The van der Waals surface area contributed by atoms with Gasteiger partial charge in [-0.3, -0.25) is 4.79 Å². The van der Waals surface area contributed by atoms with Crippen molar-refractivity contribution in [1.29, 1.82) is 0 Å². The first-order chi connectivity index (χ1) is 10.7. The first-order valence-electron chi connectivity index (χ1n) is 7.79. The minimum atomic E-state index is -0.102. The van der Waals surface area contributed by atoms with Gasteiger partial charge in [0.05, 0.1) is 6.04 Å². The molecule has 3 nitrogen and oxygen atoms in total. The van der Waals surface area contributed by atoms with E-state index in [1.807, 2.05) is 54.6 Å². The number of hydrogen-bond acceptors (Lipinski definition) is 2. The molecule has 0 aliphatic carbocycles. The SMILES string of the molecule is CCc1ccc(OCC(=O)N[C@H](CC)c2ccccc2)cc1. The fourth-order valence-electron chi connectivity index (χ4n) is 2.31. The van der Waals surface area contributed by atoms with Gasteiger partial charge in [0.2, 0.25) is 0 Å². The second kappa shape index (κ2) is 8.23. The summed E-state index contributed by atoms with van der Waals surface area (Å²) in [5.74, 6) is 0.621. The lowest BCUT2D eigenvalue weighted by Gasteiger charge is -2.17. The van der Waals surface area contributed by atoms with E-state index >= 15 is 0 Å². The predicted octanol–water partition coefficient (Wildman–Crippen LogP) is 3.90. The average Bonchev–Trinajstić information content (AvgIpc) is 2.59. The van der Waals surface area contributed by atoms with E-state index in [9.17, 15) is 4.79 Å². The van der Waals surface area contributed by atoms with Crippen molar-refractivity contribution in [3.05, 3.63) is 65.7 Å². The third-order valence-corrected chi connectivity index (χ3v) is 3.65. The number of carbonyl (C=O) groups excluding carboxylic acids is 1. The molecule has 0 bridgehead atoms. The Labute approximate surface area is 132 Å². The largest absolute Gasteiger partial charge is 0.484 e. The van der Waals surface area contributed by atoms with E-state index < -0.39 is 0 Å². The van der Waals surface area contributed by atoms with Gasteiger partial charge in [0.15, 0.2) is 6.61 Å². The summed E-state index contributed by atoms with van der Waals surface area (Å²) in [6.45, 7) is 4.20. The molecule has 0 heterocycles. The molecule has 1 atom stereocenters. The molecule has 0 aromatic heterocycles. The highest BCUT2D eigenvalue weighted by molar-refractivity contribution is 5.78. The zero-order valence-electron chi connectivity index (χ0n) is 13.2. The smallest absolute Gasteiger partial charge is 0.258 e. The van der Waals surface area contributed by atoms with Gasteiger partial charge in [0.25, 0.3) is 5.91 Å². The Balaban J connectivity index is 1.86. The lowest BCUT2D eigenvalue weighted by Crippen LogP contribution is -2.32. The normalized spacial score (nSPS) is 11.7. The molecule has 0 aliphatic heterocycles. The van der Waals surface area contributed by atoms with Gasteiger partial charge in [0.1, 0.15) is 5.75 Å². The van der Waals surface area contributed by atoms with Crippen LogP contribution < -0.4 is 10.1 Å². The van der Waals surface area contributed by atoms with Crippen molar-refractivity contribution in [3.63, 3.8) is 0 Å². The molecule has 0 saturated carbocycles. The fourth-order valence-corrected chi connectivity index (χ4v) is 2.31. The van der Waals surface area contributed by atoms with Crippen molar-refractivity contribution in [2.24, 2.45) is 0 Å². The summed E-state index contributed by atoms with van der Waals surface area (Å²) >= 11 is 0. The number of benzene rings is 2. The summed E-state index contributed by atoms with van der Waals surface area (Å²) in [7, 11) is 0. The Morgan fingerprint density at radius 3 is 2.32 bits per heavy atom. The minimum Gasteiger partial charge on any atom is -0.484 e. The molecular weight excluding hydrogens is 274 g/mol. The molecule has 0 unspecified atom stereocenters. The number of rotatable bonds is 7. The molecule has 22 heavy (non-hydrogen) atoms. The Kier molecular flexibility index (Phi) is 6.01. The zero-order chi connectivity index (χ0) is 15.8. The van der Waals surface area contributed by atoms with Crippen LogP contribution in [0.15, 0.2) is 54.6 Å². The van der Waals surface area contributed by atoms with Crippen LogP contribution in [0.1, 0.15) is 37.4 Å². The third kappa shape index (κ3) is 4.62. The molecule has 0 radical (unpaired) electrons. The van der Waals surface area contributed by atoms with Gasteiger partial charge in [-0.1, -0.05) is 56.3 Å². The number of carbonyl (C=O) groups is 1. The van der Waals surface area contributed by atoms with E-state index in [4.69, 9.17) is 4.74 Å². The van der Waals surface area contributed by atoms with Crippen molar-refractivity contribution < 1.29 is 9.53 Å². The Morgan fingerprint density at radius 1 is 1.05 bits per heavy atom. The standard InChI is InChI=1S/C19H23NO2/c1-3-15-10-12-17(13-11-15)22-14-19(21)20-18(4-2)16-8-6-5-7-9-16/h5-13,18H,3-4,14H2,1-2H3,(H,20,21)/t18-/m1/s1. The van der Waals surface area contributed by atoms with Crippen LogP contribution in [0.25, 0.3) is 0 Å². The molecule has 0 saturated heterocycles. The topological polar surface area (TPSA) is 38.3 Å². The highest BCUT2D eigenvalue weighted by Gasteiger charge is 2.12. The summed E-state index contributed by atoms with van der Waals surface area (Å²) in [5, 5.41) is 3.01. The molecule has 2 aromatic rings. The Morgan fingerprint density at radius 2 is 1.73 bits per heavy atom. The van der Waals surface area contributed by atoms with Crippen molar-refractivity contribution in [3.8, 4) is 5.75 Å². The van der Waals surface area contributed by atoms with E-state index in [1.54, 1.807) is 0 Å². The molecule has 1 N–H and O–H groups in total.